The number of nitrogens with one attached hydrogen (secondary N) is 2. The number of fused-ring (bicyclic) bond motifs is 2. The Hall–Kier alpha value is -2.08. The molecule has 0 spiro atoms. The molecule has 2 aliphatic heterocycles. The molecule has 1 aromatic carbocycles. The van der Waals surface area contributed by atoms with E-state index in [0.29, 0.717) is 31.6 Å². The van der Waals surface area contributed by atoms with E-state index in [1.807, 2.05) is 18.2 Å². The highest BCUT2D eigenvalue weighted by molar-refractivity contribution is 14.0. The molecule has 0 saturated heterocycles. The highest BCUT2D eigenvalue weighted by atomic mass is 127. The first kappa shape index (κ1) is 25.5. The van der Waals surface area contributed by atoms with Crippen molar-refractivity contribution >= 4 is 35.6 Å². The lowest BCUT2D eigenvalue weighted by atomic mass is 10.2. The van der Waals surface area contributed by atoms with Crippen molar-refractivity contribution in [2.45, 2.75) is 52.6 Å². The number of halogens is 1. The van der Waals surface area contributed by atoms with Gasteiger partial charge in [0.05, 0.1) is 13.2 Å². The van der Waals surface area contributed by atoms with Crippen LogP contribution >= 0.6 is 24.0 Å². The van der Waals surface area contributed by atoms with Crippen molar-refractivity contribution in [2.75, 3.05) is 38.3 Å². The Kier molecular flexibility index (Phi) is 10.0. The van der Waals surface area contributed by atoms with Crippen LogP contribution in [-0.2, 0) is 24.2 Å². The molecule has 0 unspecified atom stereocenters. The Bertz CT molecular complexity index is 918. The molecule has 0 fully saturated rings. The smallest absolute Gasteiger partial charge is 0.196 e. The fourth-order valence-electron chi connectivity index (χ4n) is 3.69. The van der Waals surface area contributed by atoms with Gasteiger partial charge in [-0.2, -0.15) is 0 Å². The molecule has 3 heterocycles. The number of hydrogen-bond acceptors (Lipinski definition) is 6. The third-order valence-corrected chi connectivity index (χ3v) is 5.28. The van der Waals surface area contributed by atoms with Crippen molar-refractivity contribution in [2.24, 2.45) is 10.9 Å². The zero-order chi connectivity index (χ0) is 22.2. The van der Waals surface area contributed by atoms with Crippen molar-refractivity contribution < 1.29 is 14.2 Å². The Balaban J connectivity index is 0.00000306. The predicted octanol–water partition coefficient (Wildman–Crippen LogP) is 3.62. The number of aliphatic imine (C=N–C) groups is 1. The fraction of sp³-hybridized carbons (Fsp3) is 0.609. The maximum absolute atomic E-state index is 5.82. The lowest BCUT2D eigenvalue weighted by Crippen LogP contribution is -2.32. The first-order valence-electron chi connectivity index (χ1n) is 11.6. The van der Waals surface area contributed by atoms with Gasteiger partial charge >= 0.3 is 0 Å². The van der Waals surface area contributed by atoms with E-state index in [4.69, 9.17) is 19.2 Å². The summed E-state index contributed by atoms with van der Waals surface area (Å²) in [5, 5.41) is 15.4. The van der Waals surface area contributed by atoms with E-state index in [0.717, 1.165) is 80.8 Å². The van der Waals surface area contributed by atoms with E-state index in [1.165, 1.54) is 0 Å². The minimum absolute atomic E-state index is 0. The molecule has 0 radical (unpaired) electrons. The van der Waals surface area contributed by atoms with E-state index in [2.05, 4.69) is 39.2 Å². The monoisotopic (exact) mass is 570 g/mol. The maximum Gasteiger partial charge on any atom is 0.196 e. The number of anilines is 1. The zero-order valence-electron chi connectivity index (χ0n) is 19.5. The minimum Gasteiger partial charge on any atom is -0.490 e. The summed E-state index contributed by atoms with van der Waals surface area (Å²) < 4.78 is 19.4. The van der Waals surface area contributed by atoms with Gasteiger partial charge in [0, 0.05) is 50.9 Å². The molecule has 2 N–H and O–H groups in total. The second-order valence-corrected chi connectivity index (χ2v) is 8.54. The van der Waals surface area contributed by atoms with Crippen LogP contribution in [0.5, 0.6) is 11.5 Å². The summed E-state index contributed by atoms with van der Waals surface area (Å²) >= 11 is 0. The molecule has 1 aromatic heterocycles. The molecule has 2 aliphatic rings. The summed E-state index contributed by atoms with van der Waals surface area (Å²) in [5.74, 6) is 4.73. The SMILES string of the molecule is CC(C)COCCCNC(=NCc1nnc2n1CCC2)Nc1ccc2c(c1)OCCCO2.I. The van der Waals surface area contributed by atoms with Crippen LogP contribution in [0.3, 0.4) is 0 Å². The van der Waals surface area contributed by atoms with Gasteiger partial charge in [0.15, 0.2) is 23.3 Å². The van der Waals surface area contributed by atoms with Crippen LogP contribution in [0.25, 0.3) is 0 Å². The highest BCUT2D eigenvalue weighted by Crippen LogP contribution is 2.32. The molecule has 9 nitrogen and oxygen atoms in total. The van der Waals surface area contributed by atoms with E-state index >= 15 is 0 Å². The molecular formula is C23H35IN6O3. The molecule has 0 amide bonds. The van der Waals surface area contributed by atoms with Gasteiger partial charge in [-0.25, -0.2) is 4.99 Å². The standard InChI is InChI=1S/C23H34N6O3.HI/c1-17(2)16-30-11-4-9-24-23(25-15-22-28-27-21-6-3-10-29(21)22)26-18-7-8-19-20(14-18)32-13-5-12-31-19;/h7-8,14,17H,3-6,9-13,15-16H2,1-2H3,(H2,24,25,26);1H. The summed E-state index contributed by atoms with van der Waals surface area (Å²) in [5.41, 5.74) is 0.892. The van der Waals surface area contributed by atoms with Crippen LogP contribution in [0.1, 0.15) is 44.8 Å². The zero-order valence-corrected chi connectivity index (χ0v) is 21.8. The van der Waals surface area contributed by atoms with Gasteiger partial charge in [-0.15, -0.1) is 34.2 Å². The normalized spacial score (nSPS) is 15.1. The lowest BCUT2D eigenvalue weighted by Gasteiger charge is -2.15. The average Bonchev–Trinajstić information content (AvgIpc) is 3.32. The molecule has 10 heteroatoms. The number of benzene rings is 1. The van der Waals surface area contributed by atoms with Crippen LogP contribution in [0.2, 0.25) is 0 Å². The third-order valence-electron chi connectivity index (χ3n) is 5.28. The van der Waals surface area contributed by atoms with Crippen molar-refractivity contribution in [3.8, 4) is 11.5 Å². The molecule has 182 valence electrons. The van der Waals surface area contributed by atoms with Crippen molar-refractivity contribution in [3.63, 3.8) is 0 Å². The van der Waals surface area contributed by atoms with E-state index < -0.39 is 0 Å². The minimum atomic E-state index is 0. The van der Waals surface area contributed by atoms with Crippen LogP contribution in [0.4, 0.5) is 5.69 Å². The second kappa shape index (κ2) is 13.0. The molecule has 33 heavy (non-hydrogen) atoms. The van der Waals surface area contributed by atoms with Crippen LogP contribution in [0, 0.1) is 5.92 Å². The average molecular weight is 570 g/mol. The van der Waals surface area contributed by atoms with Gasteiger partial charge in [-0.1, -0.05) is 13.8 Å². The van der Waals surface area contributed by atoms with Crippen molar-refractivity contribution in [1.82, 2.24) is 20.1 Å². The van der Waals surface area contributed by atoms with Gasteiger partial charge in [0.1, 0.15) is 12.4 Å². The number of guanidine groups is 1. The van der Waals surface area contributed by atoms with Gasteiger partial charge in [0.2, 0.25) is 0 Å². The van der Waals surface area contributed by atoms with Crippen molar-refractivity contribution in [1.29, 1.82) is 0 Å². The number of nitrogens with zero attached hydrogens (tertiary/aromatic N) is 4. The van der Waals surface area contributed by atoms with Crippen molar-refractivity contribution in [3.05, 3.63) is 29.8 Å². The molecule has 4 rings (SSSR count). The number of ether oxygens (including phenoxy) is 3. The van der Waals surface area contributed by atoms with Gasteiger partial charge in [0.25, 0.3) is 0 Å². The number of rotatable bonds is 9. The Labute approximate surface area is 212 Å². The van der Waals surface area contributed by atoms with E-state index in [1.54, 1.807) is 0 Å². The van der Waals surface area contributed by atoms with Crippen LogP contribution in [-0.4, -0.2) is 53.7 Å². The molecular weight excluding hydrogens is 535 g/mol. The lowest BCUT2D eigenvalue weighted by molar-refractivity contribution is 0.108. The van der Waals surface area contributed by atoms with Gasteiger partial charge in [-0.3, -0.25) is 0 Å². The Morgan fingerprint density at radius 2 is 2.03 bits per heavy atom. The topological polar surface area (TPSA) is 94.8 Å². The summed E-state index contributed by atoms with van der Waals surface area (Å²) in [4.78, 5) is 4.77. The predicted molar refractivity (Wildman–Crippen MR) is 139 cm³/mol. The second-order valence-electron chi connectivity index (χ2n) is 8.54. The van der Waals surface area contributed by atoms with Crippen LogP contribution in [0.15, 0.2) is 23.2 Å². The molecule has 0 bridgehead atoms. The van der Waals surface area contributed by atoms with E-state index in [-0.39, 0.29) is 24.0 Å². The largest absolute Gasteiger partial charge is 0.490 e. The third kappa shape index (κ3) is 7.46. The van der Waals surface area contributed by atoms with E-state index in [9.17, 15) is 0 Å². The summed E-state index contributed by atoms with van der Waals surface area (Å²) in [7, 11) is 0. The first-order chi connectivity index (χ1) is 15.7. The molecule has 0 saturated carbocycles. The first-order valence-corrected chi connectivity index (χ1v) is 11.6. The van der Waals surface area contributed by atoms with Gasteiger partial charge in [-0.05, 0) is 30.9 Å². The number of aryl methyl sites for hydroxylation is 1. The fourth-order valence-corrected chi connectivity index (χ4v) is 3.69. The maximum atomic E-state index is 5.82. The number of aromatic nitrogens is 3. The Morgan fingerprint density at radius 1 is 1.18 bits per heavy atom. The summed E-state index contributed by atoms with van der Waals surface area (Å²) in [6.45, 7) is 9.35. The highest BCUT2D eigenvalue weighted by Gasteiger charge is 2.17. The molecule has 0 atom stereocenters. The molecule has 2 aromatic rings. The Morgan fingerprint density at radius 3 is 2.88 bits per heavy atom. The molecule has 0 aliphatic carbocycles. The number of hydrogen-bond donors (Lipinski definition) is 2. The summed E-state index contributed by atoms with van der Waals surface area (Å²) in [6.07, 6.45) is 3.90. The quantitative estimate of drug-likeness (QED) is 0.206. The summed E-state index contributed by atoms with van der Waals surface area (Å²) in [6, 6.07) is 5.87. The van der Waals surface area contributed by atoms with Crippen LogP contribution < -0.4 is 20.1 Å². The van der Waals surface area contributed by atoms with Gasteiger partial charge < -0.3 is 29.4 Å².